The van der Waals surface area contributed by atoms with E-state index in [1.54, 1.807) is 5.56 Å². The molecule has 0 fully saturated rings. The quantitative estimate of drug-likeness (QED) is 0.656. The Hall–Kier alpha value is -0.820. The van der Waals surface area contributed by atoms with E-state index in [1.807, 2.05) is 0 Å². The molecule has 0 aromatic heterocycles. The molecule has 1 aliphatic heterocycles. The number of likely N-dealkylation sites (N-methyl/N-ethyl adjacent to an activating group) is 1. The van der Waals surface area contributed by atoms with Gasteiger partial charge in [0, 0.05) is 12.6 Å². The van der Waals surface area contributed by atoms with Crippen molar-refractivity contribution in [1.82, 2.24) is 4.90 Å². The molecule has 0 unspecified atom stereocenters. The summed E-state index contributed by atoms with van der Waals surface area (Å²) in [6, 6.07) is 9.52. The lowest BCUT2D eigenvalue weighted by Crippen LogP contribution is -2.33. The molecule has 0 saturated carbocycles. The van der Waals surface area contributed by atoms with Gasteiger partial charge in [0.05, 0.1) is 0 Å². The first-order valence-electron chi connectivity index (χ1n) is 5.53. The topological polar surface area (TPSA) is 3.24 Å². The van der Waals surface area contributed by atoms with E-state index in [-0.39, 0.29) is 0 Å². The van der Waals surface area contributed by atoms with Crippen LogP contribution in [0.2, 0.25) is 0 Å². The molecule has 1 heteroatoms. The number of hydrogen-bond donors (Lipinski definition) is 0. The summed E-state index contributed by atoms with van der Waals surface area (Å²) in [5.74, 6) is 0.680. The molecule has 14 heavy (non-hydrogen) atoms. The molecule has 1 nitrogen and oxygen atoms in total. The van der Waals surface area contributed by atoms with Crippen molar-refractivity contribution in [3.63, 3.8) is 0 Å². The van der Waals surface area contributed by atoms with Crippen molar-refractivity contribution in [2.45, 2.75) is 32.2 Å². The third kappa shape index (κ3) is 1.46. The van der Waals surface area contributed by atoms with Gasteiger partial charge in [-0.05, 0) is 30.5 Å². The maximum Gasteiger partial charge on any atom is 0.0345 e. The molecule has 0 bridgehead atoms. The fraction of sp³-hybridized carbons (Fsp3) is 0.538. The van der Waals surface area contributed by atoms with Crippen LogP contribution in [-0.4, -0.2) is 18.5 Å². The van der Waals surface area contributed by atoms with Crippen molar-refractivity contribution in [2.75, 3.05) is 13.6 Å². The Labute approximate surface area is 86.7 Å². The van der Waals surface area contributed by atoms with E-state index in [4.69, 9.17) is 0 Å². The van der Waals surface area contributed by atoms with Crippen LogP contribution in [0, 0.1) is 0 Å². The first kappa shape index (κ1) is 9.72. The van der Waals surface area contributed by atoms with Gasteiger partial charge in [-0.25, -0.2) is 0 Å². The van der Waals surface area contributed by atoms with Crippen molar-refractivity contribution < 1.29 is 0 Å². The fourth-order valence-corrected chi connectivity index (χ4v) is 2.69. The van der Waals surface area contributed by atoms with E-state index in [0.29, 0.717) is 12.0 Å². The number of rotatable bonds is 1. The second kappa shape index (κ2) is 3.74. The Kier molecular flexibility index (Phi) is 2.60. The highest BCUT2D eigenvalue weighted by Gasteiger charge is 2.26. The molecule has 76 valence electrons. The molecule has 0 amide bonds. The lowest BCUT2D eigenvalue weighted by molar-refractivity contribution is 0.208. The van der Waals surface area contributed by atoms with Crippen LogP contribution < -0.4 is 0 Å². The zero-order valence-electron chi connectivity index (χ0n) is 9.33. The highest BCUT2D eigenvalue weighted by atomic mass is 15.1. The van der Waals surface area contributed by atoms with Gasteiger partial charge >= 0.3 is 0 Å². The summed E-state index contributed by atoms with van der Waals surface area (Å²) >= 11 is 0. The predicted octanol–water partition coefficient (Wildman–Crippen LogP) is 3.19. The Morgan fingerprint density at radius 1 is 1.29 bits per heavy atom. The molecule has 1 heterocycles. The Morgan fingerprint density at radius 3 is 2.57 bits per heavy atom. The van der Waals surface area contributed by atoms with Crippen molar-refractivity contribution in [2.24, 2.45) is 0 Å². The zero-order chi connectivity index (χ0) is 10.1. The average molecular weight is 189 g/mol. The third-order valence-electron chi connectivity index (χ3n) is 3.37. The van der Waals surface area contributed by atoms with Gasteiger partial charge in [0.25, 0.3) is 0 Å². The Balaban J connectivity index is 2.45. The van der Waals surface area contributed by atoms with E-state index in [9.17, 15) is 0 Å². The number of hydrogen-bond acceptors (Lipinski definition) is 1. The zero-order valence-corrected chi connectivity index (χ0v) is 9.33. The summed E-state index contributed by atoms with van der Waals surface area (Å²) in [6.07, 6.45) is 1.21. The molecule has 2 rings (SSSR count). The minimum Gasteiger partial charge on any atom is -0.299 e. The molecule has 2 atom stereocenters. The number of nitrogens with zero attached hydrogens (tertiary/aromatic N) is 1. The molecule has 0 saturated heterocycles. The lowest BCUT2D eigenvalue weighted by Gasteiger charge is -2.37. The predicted molar refractivity (Wildman–Crippen MR) is 60.5 cm³/mol. The first-order valence-corrected chi connectivity index (χ1v) is 5.53. The van der Waals surface area contributed by atoms with Crippen LogP contribution in [0.3, 0.4) is 0 Å². The van der Waals surface area contributed by atoms with Gasteiger partial charge in [-0.3, -0.25) is 4.90 Å². The Morgan fingerprint density at radius 2 is 1.93 bits per heavy atom. The van der Waals surface area contributed by atoms with E-state index >= 15 is 0 Å². The highest BCUT2D eigenvalue weighted by molar-refractivity contribution is 5.35. The first-order chi connectivity index (χ1) is 6.74. The molecular formula is C13H19N. The summed E-state index contributed by atoms with van der Waals surface area (Å²) in [5, 5.41) is 0. The monoisotopic (exact) mass is 189 g/mol. The van der Waals surface area contributed by atoms with Gasteiger partial charge in [0.15, 0.2) is 0 Å². The fourth-order valence-electron chi connectivity index (χ4n) is 2.69. The van der Waals surface area contributed by atoms with Crippen LogP contribution >= 0.6 is 0 Å². The molecule has 0 N–H and O–H groups in total. The van der Waals surface area contributed by atoms with Gasteiger partial charge in [-0.1, -0.05) is 38.1 Å². The van der Waals surface area contributed by atoms with Crippen LogP contribution in [-0.2, 0) is 0 Å². The SMILES string of the molecule is CC[C@H]1c2ccccc2[C@@H](C)CN1C. The molecular weight excluding hydrogens is 170 g/mol. The van der Waals surface area contributed by atoms with Crippen LogP contribution in [0.15, 0.2) is 24.3 Å². The third-order valence-corrected chi connectivity index (χ3v) is 3.37. The second-order valence-electron chi connectivity index (χ2n) is 4.39. The van der Waals surface area contributed by atoms with E-state index in [0.717, 1.165) is 0 Å². The molecule has 1 aromatic carbocycles. The van der Waals surface area contributed by atoms with Crippen molar-refractivity contribution >= 4 is 0 Å². The average Bonchev–Trinajstić information content (AvgIpc) is 2.18. The smallest absolute Gasteiger partial charge is 0.0345 e. The number of fused-ring (bicyclic) bond motifs is 1. The molecule has 1 aromatic rings. The van der Waals surface area contributed by atoms with Crippen LogP contribution in [0.25, 0.3) is 0 Å². The molecule has 0 radical (unpaired) electrons. The normalized spacial score (nSPS) is 27.4. The van der Waals surface area contributed by atoms with E-state index in [2.05, 4.69) is 50.1 Å². The van der Waals surface area contributed by atoms with Gasteiger partial charge in [0.1, 0.15) is 0 Å². The highest BCUT2D eigenvalue weighted by Crippen LogP contribution is 2.36. The van der Waals surface area contributed by atoms with Crippen molar-refractivity contribution in [3.8, 4) is 0 Å². The minimum absolute atomic E-state index is 0.627. The van der Waals surface area contributed by atoms with Gasteiger partial charge in [0.2, 0.25) is 0 Å². The van der Waals surface area contributed by atoms with Crippen molar-refractivity contribution in [3.05, 3.63) is 35.4 Å². The van der Waals surface area contributed by atoms with Gasteiger partial charge in [-0.2, -0.15) is 0 Å². The van der Waals surface area contributed by atoms with Crippen LogP contribution in [0.5, 0.6) is 0 Å². The van der Waals surface area contributed by atoms with Crippen LogP contribution in [0.4, 0.5) is 0 Å². The van der Waals surface area contributed by atoms with E-state index < -0.39 is 0 Å². The summed E-state index contributed by atoms with van der Waals surface area (Å²) in [4.78, 5) is 2.48. The maximum absolute atomic E-state index is 2.48. The number of benzene rings is 1. The second-order valence-corrected chi connectivity index (χ2v) is 4.39. The molecule has 0 aliphatic carbocycles. The van der Waals surface area contributed by atoms with Gasteiger partial charge in [-0.15, -0.1) is 0 Å². The van der Waals surface area contributed by atoms with Crippen molar-refractivity contribution in [1.29, 1.82) is 0 Å². The summed E-state index contributed by atoms with van der Waals surface area (Å²) < 4.78 is 0. The Bertz CT molecular complexity index is 319. The lowest BCUT2D eigenvalue weighted by atomic mass is 9.86. The largest absolute Gasteiger partial charge is 0.299 e. The minimum atomic E-state index is 0.627. The van der Waals surface area contributed by atoms with Crippen LogP contribution in [0.1, 0.15) is 43.4 Å². The van der Waals surface area contributed by atoms with Gasteiger partial charge < -0.3 is 0 Å². The molecule has 1 aliphatic rings. The summed E-state index contributed by atoms with van der Waals surface area (Å²) in [5.41, 5.74) is 3.09. The standard InChI is InChI=1S/C13H19N/c1-4-13-12-8-6-5-7-11(12)10(2)9-14(13)3/h5-8,10,13H,4,9H2,1-3H3/t10-,13-/m0/s1. The van der Waals surface area contributed by atoms with E-state index in [1.165, 1.54) is 18.5 Å². The summed E-state index contributed by atoms with van der Waals surface area (Å²) in [7, 11) is 2.24. The summed E-state index contributed by atoms with van der Waals surface area (Å²) in [6.45, 7) is 5.78. The maximum atomic E-state index is 2.48. The molecule has 0 spiro atoms.